The van der Waals surface area contributed by atoms with Crippen LogP contribution in [0, 0.1) is 0 Å². The Bertz CT molecular complexity index is 655. The second-order valence-corrected chi connectivity index (χ2v) is 4.46. The van der Waals surface area contributed by atoms with Gasteiger partial charge in [0.25, 0.3) is 5.16 Å². The van der Waals surface area contributed by atoms with Crippen LogP contribution in [0.15, 0.2) is 35.5 Å². The second kappa shape index (κ2) is 3.89. The lowest BCUT2D eigenvalue weighted by Gasteiger charge is -1.92. The molecule has 0 atom stereocenters. The molecule has 0 aliphatic heterocycles. The van der Waals surface area contributed by atoms with Gasteiger partial charge in [-0.15, -0.1) is 9.20 Å². The lowest BCUT2D eigenvalue weighted by Crippen LogP contribution is -2.24. The van der Waals surface area contributed by atoms with Crippen LogP contribution in [0.2, 0.25) is 0 Å². The highest BCUT2D eigenvalue weighted by Gasteiger charge is 2.21. The van der Waals surface area contributed by atoms with Crippen LogP contribution in [0.3, 0.4) is 0 Å². The molecule has 0 fully saturated rings. The van der Waals surface area contributed by atoms with Gasteiger partial charge < -0.3 is 0 Å². The van der Waals surface area contributed by atoms with Gasteiger partial charge in [-0.2, -0.15) is 0 Å². The third-order valence-corrected chi connectivity index (χ3v) is 3.38. The summed E-state index contributed by atoms with van der Waals surface area (Å²) in [5.74, 6) is 1.53. The predicted molar refractivity (Wildman–Crippen MR) is 65.7 cm³/mol. The molecule has 3 aromatic rings. The van der Waals surface area contributed by atoms with Gasteiger partial charge in [0.05, 0.1) is 7.05 Å². The summed E-state index contributed by atoms with van der Waals surface area (Å²) in [5.41, 5.74) is 1.06. The van der Waals surface area contributed by atoms with E-state index in [0.717, 1.165) is 16.5 Å². The summed E-state index contributed by atoms with van der Waals surface area (Å²) in [6.45, 7) is 0. The van der Waals surface area contributed by atoms with Crippen LogP contribution in [0.5, 0.6) is 0 Å². The summed E-state index contributed by atoms with van der Waals surface area (Å²) < 4.78 is 3.71. The van der Waals surface area contributed by atoms with Crippen molar-refractivity contribution in [3.63, 3.8) is 0 Å². The molecule has 2 heterocycles. The van der Waals surface area contributed by atoms with Crippen LogP contribution in [0.1, 0.15) is 0 Å². The molecule has 1 N–H and O–H groups in total. The Balaban J connectivity index is 2.18. The number of thioether (sulfide) groups is 1. The van der Waals surface area contributed by atoms with E-state index in [-0.39, 0.29) is 0 Å². The average Bonchev–Trinajstić information content (AvgIpc) is 2.86. The zero-order valence-corrected chi connectivity index (χ0v) is 10.4. The maximum atomic E-state index is 4.47. The lowest BCUT2D eigenvalue weighted by molar-refractivity contribution is -0.619. The van der Waals surface area contributed by atoms with Crippen LogP contribution < -0.4 is 4.52 Å². The molecule has 17 heavy (non-hydrogen) atoms. The normalized spacial score (nSPS) is 11.2. The van der Waals surface area contributed by atoms with Crippen molar-refractivity contribution in [2.45, 2.75) is 5.16 Å². The van der Waals surface area contributed by atoms with E-state index in [2.05, 4.69) is 15.2 Å². The first-order valence-corrected chi connectivity index (χ1v) is 6.46. The minimum absolute atomic E-state index is 0.690. The highest BCUT2D eigenvalue weighted by atomic mass is 32.2. The number of aryl methyl sites for hydroxylation is 1. The van der Waals surface area contributed by atoms with Crippen molar-refractivity contribution in [2.24, 2.45) is 7.05 Å². The molecule has 0 unspecified atom stereocenters. The highest BCUT2D eigenvalue weighted by molar-refractivity contribution is 7.98. The number of rotatable bonds is 2. The first-order chi connectivity index (χ1) is 8.29. The van der Waals surface area contributed by atoms with Crippen LogP contribution in [0.4, 0.5) is 0 Å². The van der Waals surface area contributed by atoms with Crippen molar-refractivity contribution in [2.75, 3.05) is 6.26 Å². The van der Waals surface area contributed by atoms with Crippen molar-refractivity contribution in [3.8, 4) is 11.4 Å². The van der Waals surface area contributed by atoms with Crippen molar-refractivity contribution < 1.29 is 4.52 Å². The SMILES string of the molecule is CSc1n(C)nc2nc(-c3ccccc3)[nH][n+]12. The van der Waals surface area contributed by atoms with Gasteiger partial charge in [-0.1, -0.05) is 47.1 Å². The zero-order valence-electron chi connectivity index (χ0n) is 9.58. The molecule has 0 aliphatic rings. The fourth-order valence-electron chi connectivity index (χ4n) is 1.80. The summed E-state index contributed by atoms with van der Waals surface area (Å²) >= 11 is 1.63. The van der Waals surface area contributed by atoms with E-state index in [1.807, 2.05) is 52.8 Å². The Morgan fingerprint density at radius 2 is 2.06 bits per heavy atom. The average molecular weight is 246 g/mol. The molecule has 0 bridgehead atoms. The Kier molecular flexibility index (Phi) is 2.36. The van der Waals surface area contributed by atoms with E-state index >= 15 is 0 Å². The number of benzene rings is 1. The minimum Gasteiger partial charge on any atom is -0.223 e. The van der Waals surface area contributed by atoms with E-state index < -0.39 is 0 Å². The van der Waals surface area contributed by atoms with Crippen molar-refractivity contribution >= 4 is 17.5 Å². The van der Waals surface area contributed by atoms with Crippen molar-refractivity contribution in [1.82, 2.24) is 19.9 Å². The Labute approximate surface area is 102 Å². The number of aromatic amines is 1. The van der Waals surface area contributed by atoms with Gasteiger partial charge in [-0.05, 0) is 6.26 Å². The molecule has 86 valence electrons. The van der Waals surface area contributed by atoms with Gasteiger partial charge in [0.2, 0.25) is 5.82 Å². The third kappa shape index (κ3) is 1.61. The predicted octanol–water partition coefficient (Wildman–Crippen LogP) is 1.27. The third-order valence-electron chi connectivity index (χ3n) is 2.57. The summed E-state index contributed by atoms with van der Waals surface area (Å²) in [6, 6.07) is 10.0. The topological polar surface area (TPSA) is 50.6 Å². The number of aromatic nitrogens is 5. The van der Waals surface area contributed by atoms with Crippen molar-refractivity contribution in [1.29, 1.82) is 0 Å². The molecule has 2 aromatic heterocycles. The van der Waals surface area contributed by atoms with Gasteiger partial charge in [-0.25, -0.2) is 5.10 Å². The first kappa shape index (κ1) is 10.3. The molecule has 6 heteroatoms. The molecule has 0 aliphatic carbocycles. The molecule has 0 saturated carbocycles. The standard InChI is InChI=1S/C11H12N5S/c1-15-11(17-2)16-10(14-15)12-9(13-16)8-6-4-3-5-7-8/h3-7H,1-2H3,(H,12,13,14)/q+1. The fraction of sp³-hybridized carbons (Fsp3) is 0.182. The van der Waals surface area contributed by atoms with Crippen molar-refractivity contribution in [3.05, 3.63) is 30.3 Å². The summed E-state index contributed by atoms with van der Waals surface area (Å²) in [6.07, 6.45) is 2.02. The van der Waals surface area contributed by atoms with E-state index in [0.29, 0.717) is 5.78 Å². The van der Waals surface area contributed by atoms with Crippen LogP contribution >= 0.6 is 11.8 Å². The quantitative estimate of drug-likeness (QED) is 0.547. The van der Waals surface area contributed by atoms with Gasteiger partial charge >= 0.3 is 5.78 Å². The van der Waals surface area contributed by atoms with E-state index in [1.165, 1.54) is 0 Å². The number of nitrogens with zero attached hydrogens (tertiary/aromatic N) is 4. The Morgan fingerprint density at radius 1 is 1.29 bits per heavy atom. The van der Waals surface area contributed by atoms with E-state index in [1.54, 1.807) is 11.8 Å². The molecular formula is C11H12N5S+. The molecule has 5 nitrogen and oxygen atoms in total. The smallest absolute Gasteiger partial charge is 0.223 e. The number of fused-ring (bicyclic) bond motifs is 1. The molecule has 0 saturated heterocycles. The van der Waals surface area contributed by atoms with Gasteiger partial charge in [0.1, 0.15) is 0 Å². The molecule has 1 aromatic carbocycles. The summed E-state index contributed by atoms with van der Waals surface area (Å²) in [7, 11) is 1.91. The number of hydrogen-bond donors (Lipinski definition) is 1. The maximum Gasteiger partial charge on any atom is 0.438 e. The summed E-state index contributed by atoms with van der Waals surface area (Å²) in [5, 5.41) is 8.62. The summed E-state index contributed by atoms with van der Waals surface area (Å²) in [4.78, 5) is 4.47. The largest absolute Gasteiger partial charge is 0.438 e. The van der Waals surface area contributed by atoms with Gasteiger partial charge in [0.15, 0.2) is 0 Å². The second-order valence-electron chi connectivity index (χ2n) is 3.68. The van der Waals surface area contributed by atoms with Crippen LogP contribution in [-0.4, -0.2) is 26.1 Å². The monoisotopic (exact) mass is 246 g/mol. The maximum absolute atomic E-state index is 4.47. The molecule has 0 spiro atoms. The fourth-order valence-corrected chi connectivity index (χ4v) is 2.42. The number of H-pyrrole nitrogens is 1. The van der Waals surface area contributed by atoms with Gasteiger partial charge in [0, 0.05) is 10.7 Å². The van der Waals surface area contributed by atoms with E-state index in [4.69, 9.17) is 0 Å². The highest BCUT2D eigenvalue weighted by Crippen LogP contribution is 2.15. The Hall–Kier alpha value is -1.82. The Morgan fingerprint density at radius 3 is 2.76 bits per heavy atom. The molecule has 0 amide bonds. The molecular weight excluding hydrogens is 234 g/mol. The zero-order chi connectivity index (χ0) is 11.8. The first-order valence-electron chi connectivity index (χ1n) is 5.24. The number of nitrogens with one attached hydrogen (secondary N) is 1. The van der Waals surface area contributed by atoms with Gasteiger partial charge in [-0.3, -0.25) is 0 Å². The number of hydrogen-bond acceptors (Lipinski definition) is 3. The molecule has 3 rings (SSSR count). The minimum atomic E-state index is 0.690. The lowest BCUT2D eigenvalue weighted by atomic mass is 10.2. The van der Waals surface area contributed by atoms with E-state index in [9.17, 15) is 0 Å². The van der Waals surface area contributed by atoms with Crippen LogP contribution in [-0.2, 0) is 7.05 Å². The molecule has 0 radical (unpaired) electrons. The van der Waals surface area contributed by atoms with Crippen LogP contribution in [0.25, 0.3) is 17.2 Å².